The molecule has 0 radical (unpaired) electrons. The molecule has 0 bridgehead atoms. The lowest BCUT2D eigenvalue weighted by atomic mass is 10.4. The Morgan fingerprint density at radius 1 is 1.33 bits per heavy atom. The average molecular weight is 186 g/mol. The van der Waals surface area contributed by atoms with Crippen LogP contribution in [0.1, 0.15) is 12.8 Å². The van der Waals surface area contributed by atoms with Crippen LogP contribution < -0.4 is 0 Å². The van der Waals surface area contributed by atoms with E-state index in [0.717, 1.165) is 18.8 Å². The number of hydrogen-bond acceptors (Lipinski definition) is 3. The Morgan fingerprint density at radius 2 is 1.92 bits per heavy atom. The van der Waals surface area contributed by atoms with Crippen LogP contribution in [0.5, 0.6) is 0 Å². The van der Waals surface area contributed by atoms with E-state index in [1.807, 2.05) is 0 Å². The highest BCUT2D eigenvalue weighted by molar-refractivity contribution is 6.67. The molecule has 1 rings (SSSR count). The van der Waals surface area contributed by atoms with E-state index in [2.05, 4.69) is 4.90 Å². The number of rotatable bonds is 3. The van der Waals surface area contributed by atoms with Crippen LogP contribution in [0.15, 0.2) is 11.8 Å². The van der Waals surface area contributed by atoms with Crippen molar-refractivity contribution in [1.82, 2.24) is 4.90 Å². The molecule has 0 aliphatic carbocycles. The van der Waals surface area contributed by atoms with E-state index in [4.69, 9.17) is 22.4 Å². The molecule has 12 heavy (non-hydrogen) atoms. The fourth-order valence-corrected chi connectivity index (χ4v) is 1.44. The Kier molecular flexibility index (Phi) is 3.29. The molecule has 3 nitrogen and oxygen atoms in total. The Balaban J connectivity index is 2.66. The minimum Gasteiger partial charge on any atom is -0.370 e. The molecule has 2 N–H and O–H groups in total. The Bertz CT molecular complexity index is 216. The van der Waals surface area contributed by atoms with Crippen molar-refractivity contribution < 1.29 is 0 Å². The van der Waals surface area contributed by atoms with Crippen LogP contribution in [-0.4, -0.2) is 29.4 Å². The second-order valence-electron chi connectivity index (χ2n) is 2.76. The fraction of sp³-hybridized carbons (Fsp3) is 0.500. The van der Waals surface area contributed by atoms with Crippen LogP contribution in [0.2, 0.25) is 0 Å². The van der Waals surface area contributed by atoms with Gasteiger partial charge in [-0.15, -0.1) is 0 Å². The molecule has 0 aromatic rings. The lowest BCUT2D eigenvalue weighted by molar-refractivity contribution is 0.450. The first-order chi connectivity index (χ1) is 5.74. The van der Waals surface area contributed by atoms with Crippen molar-refractivity contribution in [2.45, 2.75) is 12.8 Å². The van der Waals surface area contributed by atoms with Gasteiger partial charge in [0.1, 0.15) is 5.17 Å². The van der Waals surface area contributed by atoms with Crippen LogP contribution in [0.3, 0.4) is 0 Å². The Hall–Kier alpha value is -0.830. The van der Waals surface area contributed by atoms with Crippen LogP contribution in [-0.2, 0) is 0 Å². The van der Waals surface area contributed by atoms with E-state index < -0.39 is 0 Å². The molecular weight excluding hydrogens is 174 g/mol. The first-order valence-electron chi connectivity index (χ1n) is 3.95. The van der Waals surface area contributed by atoms with Crippen LogP contribution >= 0.6 is 11.6 Å². The summed E-state index contributed by atoms with van der Waals surface area (Å²) in [5, 5.41) is 14.2. The molecule has 1 heterocycles. The van der Waals surface area contributed by atoms with Crippen LogP contribution in [0.25, 0.3) is 0 Å². The van der Waals surface area contributed by atoms with Gasteiger partial charge in [-0.2, -0.15) is 0 Å². The molecule has 0 saturated carbocycles. The summed E-state index contributed by atoms with van der Waals surface area (Å²) in [6.45, 7) is 1.96. The van der Waals surface area contributed by atoms with Gasteiger partial charge >= 0.3 is 0 Å². The van der Waals surface area contributed by atoms with Gasteiger partial charge in [-0.25, -0.2) is 0 Å². The van der Waals surface area contributed by atoms with Gasteiger partial charge in [0.25, 0.3) is 0 Å². The minimum atomic E-state index is -0.0135. The first kappa shape index (κ1) is 9.26. The topological polar surface area (TPSA) is 50.9 Å². The summed E-state index contributed by atoms with van der Waals surface area (Å²) in [5.74, 6) is 0. The van der Waals surface area contributed by atoms with Gasteiger partial charge in [-0.05, 0) is 18.9 Å². The van der Waals surface area contributed by atoms with Gasteiger partial charge in [0, 0.05) is 19.3 Å². The lowest BCUT2D eigenvalue weighted by Crippen LogP contribution is -2.19. The van der Waals surface area contributed by atoms with E-state index in [1.165, 1.54) is 25.1 Å². The zero-order chi connectivity index (χ0) is 8.97. The summed E-state index contributed by atoms with van der Waals surface area (Å²) in [6.07, 6.45) is 5.10. The number of allylic oxidation sites excluding steroid dienone is 2. The average Bonchev–Trinajstić information content (AvgIpc) is 2.51. The molecule has 66 valence electrons. The summed E-state index contributed by atoms with van der Waals surface area (Å²) in [6, 6.07) is 0. The third kappa shape index (κ3) is 2.34. The molecule has 1 aliphatic heterocycles. The number of halogens is 1. The van der Waals surface area contributed by atoms with Gasteiger partial charge in [0.2, 0.25) is 0 Å². The molecule has 0 atom stereocenters. The number of likely N-dealkylation sites (tertiary alicyclic amines) is 1. The van der Waals surface area contributed by atoms with Crippen molar-refractivity contribution in [2.75, 3.05) is 13.1 Å². The van der Waals surface area contributed by atoms with E-state index in [-0.39, 0.29) is 5.17 Å². The normalized spacial score (nSPS) is 18.1. The molecule has 1 saturated heterocycles. The van der Waals surface area contributed by atoms with Gasteiger partial charge in [-0.1, -0.05) is 11.6 Å². The van der Waals surface area contributed by atoms with Gasteiger partial charge in [-0.3, -0.25) is 5.41 Å². The highest BCUT2D eigenvalue weighted by atomic mass is 35.5. The predicted molar refractivity (Wildman–Crippen MR) is 51.3 cm³/mol. The molecule has 4 heteroatoms. The van der Waals surface area contributed by atoms with Crippen molar-refractivity contribution in [3.8, 4) is 0 Å². The highest BCUT2D eigenvalue weighted by Gasteiger charge is 2.12. The Morgan fingerprint density at radius 3 is 2.33 bits per heavy atom. The monoisotopic (exact) mass is 185 g/mol. The van der Waals surface area contributed by atoms with E-state index in [9.17, 15) is 0 Å². The molecule has 1 fully saturated rings. The number of nitrogens with zero attached hydrogens (tertiary/aromatic N) is 1. The van der Waals surface area contributed by atoms with Crippen molar-refractivity contribution in [3.63, 3.8) is 0 Å². The summed E-state index contributed by atoms with van der Waals surface area (Å²) >= 11 is 5.41. The fourth-order valence-electron chi connectivity index (χ4n) is 1.33. The second-order valence-corrected chi connectivity index (χ2v) is 3.16. The maximum absolute atomic E-state index is 7.13. The third-order valence-electron chi connectivity index (χ3n) is 1.89. The minimum absolute atomic E-state index is 0.0135. The summed E-state index contributed by atoms with van der Waals surface area (Å²) in [5.41, 5.74) is 0.743. The van der Waals surface area contributed by atoms with E-state index in [1.54, 1.807) is 0 Å². The highest BCUT2D eigenvalue weighted by Crippen LogP contribution is 2.13. The van der Waals surface area contributed by atoms with Crippen molar-refractivity contribution >= 4 is 23.0 Å². The largest absolute Gasteiger partial charge is 0.370 e. The van der Waals surface area contributed by atoms with Crippen molar-refractivity contribution in [3.05, 3.63) is 11.8 Å². The number of hydrogen-bond donors (Lipinski definition) is 2. The first-order valence-corrected chi connectivity index (χ1v) is 4.33. The zero-order valence-corrected chi connectivity index (χ0v) is 7.56. The Labute approximate surface area is 77.0 Å². The summed E-state index contributed by atoms with van der Waals surface area (Å²) in [7, 11) is 0. The molecule has 0 unspecified atom stereocenters. The van der Waals surface area contributed by atoms with E-state index >= 15 is 0 Å². The van der Waals surface area contributed by atoms with Gasteiger partial charge in [0.15, 0.2) is 0 Å². The third-order valence-corrected chi connectivity index (χ3v) is 2.00. The molecule has 0 aromatic heterocycles. The SMILES string of the molecule is N=C/C(=C\C(=N)Cl)N1CCCC1. The quantitative estimate of drug-likeness (QED) is 0.648. The van der Waals surface area contributed by atoms with Crippen molar-refractivity contribution in [2.24, 2.45) is 0 Å². The molecule has 0 aromatic carbocycles. The maximum Gasteiger partial charge on any atom is 0.122 e. The standard InChI is InChI=1S/C8H12ClN3/c9-8(11)5-7(6-10)12-3-1-2-4-12/h5-6,10-11H,1-4H2/b7-5+,10-6?,11-8?. The number of nitrogens with one attached hydrogen (secondary N) is 2. The van der Waals surface area contributed by atoms with Gasteiger partial charge < -0.3 is 10.3 Å². The van der Waals surface area contributed by atoms with Crippen LogP contribution in [0.4, 0.5) is 0 Å². The zero-order valence-electron chi connectivity index (χ0n) is 6.81. The second kappa shape index (κ2) is 4.26. The van der Waals surface area contributed by atoms with Crippen LogP contribution in [0, 0.1) is 10.8 Å². The van der Waals surface area contributed by atoms with Gasteiger partial charge in [0.05, 0.1) is 5.70 Å². The van der Waals surface area contributed by atoms with E-state index in [0.29, 0.717) is 0 Å². The molecule has 1 aliphatic rings. The van der Waals surface area contributed by atoms with Crippen molar-refractivity contribution in [1.29, 1.82) is 10.8 Å². The summed E-state index contributed by atoms with van der Waals surface area (Å²) < 4.78 is 0. The smallest absolute Gasteiger partial charge is 0.122 e. The molecule has 0 spiro atoms. The predicted octanol–water partition coefficient (Wildman–Crippen LogP) is 1.83. The maximum atomic E-state index is 7.13. The summed E-state index contributed by atoms with van der Waals surface area (Å²) in [4.78, 5) is 2.07. The lowest BCUT2D eigenvalue weighted by Gasteiger charge is -2.17. The molecular formula is C8H12ClN3. The molecule has 0 amide bonds.